The first kappa shape index (κ1) is 16.6. The first-order valence-corrected chi connectivity index (χ1v) is 7.22. The van der Waals surface area contributed by atoms with Crippen molar-refractivity contribution in [2.45, 2.75) is 31.8 Å². The molecule has 0 bridgehead atoms. The van der Waals surface area contributed by atoms with Gasteiger partial charge < -0.3 is 16.0 Å². The Balaban J connectivity index is 0.00000176. The quantitative estimate of drug-likeness (QED) is 0.766. The summed E-state index contributed by atoms with van der Waals surface area (Å²) in [6, 6.07) is 7.34. The normalized spacial score (nSPS) is 16.8. The number of amides is 1. The maximum absolute atomic E-state index is 12.3. The van der Waals surface area contributed by atoms with Gasteiger partial charge in [-0.15, -0.1) is 12.4 Å². The van der Waals surface area contributed by atoms with Crippen LogP contribution in [0.1, 0.15) is 19.8 Å². The summed E-state index contributed by atoms with van der Waals surface area (Å²) in [7, 11) is 0. The second kappa shape index (κ2) is 6.14. The van der Waals surface area contributed by atoms with Gasteiger partial charge in [0.25, 0.3) is 0 Å². The number of hydrogen-bond donors (Lipinski definition) is 3. The van der Waals surface area contributed by atoms with Gasteiger partial charge in [0.15, 0.2) is 0 Å². The molecule has 0 aliphatic heterocycles. The highest BCUT2D eigenvalue weighted by molar-refractivity contribution is 5.85. The molecule has 120 valence electrons. The van der Waals surface area contributed by atoms with Crippen molar-refractivity contribution >= 4 is 29.3 Å². The Morgan fingerprint density at radius 3 is 2.77 bits per heavy atom. The number of halogens is 1. The van der Waals surface area contributed by atoms with E-state index in [2.05, 4.69) is 10.3 Å². The molecule has 6 nitrogen and oxygen atoms in total. The predicted molar refractivity (Wildman–Crippen MR) is 88.1 cm³/mol. The minimum Gasteiger partial charge on any atom is -0.348 e. The van der Waals surface area contributed by atoms with Crippen molar-refractivity contribution in [1.29, 1.82) is 0 Å². The highest BCUT2D eigenvalue weighted by Crippen LogP contribution is 2.38. The average Bonchev–Trinajstić information content (AvgIpc) is 3.26. The van der Waals surface area contributed by atoms with Crippen molar-refractivity contribution < 1.29 is 4.79 Å². The lowest BCUT2D eigenvalue weighted by Crippen LogP contribution is -2.54. The summed E-state index contributed by atoms with van der Waals surface area (Å²) in [5, 5.41) is 3.00. The van der Waals surface area contributed by atoms with E-state index in [-0.39, 0.29) is 36.1 Å². The van der Waals surface area contributed by atoms with E-state index in [1.165, 1.54) is 4.57 Å². The molecule has 0 saturated heterocycles. The molecule has 7 heteroatoms. The van der Waals surface area contributed by atoms with Crippen LogP contribution in [0.15, 0.2) is 29.1 Å². The van der Waals surface area contributed by atoms with Gasteiger partial charge in [-0.2, -0.15) is 0 Å². The van der Waals surface area contributed by atoms with Crippen LogP contribution in [0.5, 0.6) is 0 Å². The van der Waals surface area contributed by atoms with Crippen molar-refractivity contribution in [1.82, 2.24) is 14.9 Å². The number of benzene rings is 1. The fourth-order valence-corrected chi connectivity index (χ4v) is 2.81. The molecule has 22 heavy (non-hydrogen) atoms. The number of fused-ring (bicyclic) bond motifs is 1. The Morgan fingerprint density at radius 2 is 2.14 bits per heavy atom. The van der Waals surface area contributed by atoms with Crippen LogP contribution in [0.4, 0.5) is 0 Å². The van der Waals surface area contributed by atoms with E-state index in [0.29, 0.717) is 12.5 Å². The van der Waals surface area contributed by atoms with Crippen molar-refractivity contribution in [3.8, 4) is 0 Å². The molecule has 1 atom stereocenters. The van der Waals surface area contributed by atoms with Gasteiger partial charge in [0.1, 0.15) is 6.54 Å². The Hall–Kier alpha value is -1.79. The zero-order valence-electron chi connectivity index (χ0n) is 12.5. The van der Waals surface area contributed by atoms with Gasteiger partial charge >= 0.3 is 5.69 Å². The van der Waals surface area contributed by atoms with Gasteiger partial charge in [-0.25, -0.2) is 4.79 Å². The lowest BCUT2D eigenvalue weighted by molar-refractivity contribution is -0.123. The van der Waals surface area contributed by atoms with E-state index >= 15 is 0 Å². The fraction of sp³-hybridized carbons (Fsp3) is 0.467. The summed E-state index contributed by atoms with van der Waals surface area (Å²) in [5.41, 5.74) is 6.63. The standard InChI is InChI=1S/C15H20N4O2.ClH/c1-15(9-16,10-6-7-10)18-13(20)8-19-12-5-3-2-4-11(12)17-14(19)21;/h2-5,10H,6-9,16H2,1H3,(H,17,21)(H,18,20);1H. The SMILES string of the molecule is CC(CN)(NC(=O)Cn1c(=O)[nH]c2ccccc21)C1CC1.Cl. The molecule has 0 radical (unpaired) electrons. The van der Waals surface area contributed by atoms with Gasteiger partial charge in [0.2, 0.25) is 5.91 Å². The number of aromatic nitrogens is 2. The summed E-state index contributed by atoms with van der Waals surface area (Å²) >= 11 is 0. The Morgan fingerprint density at radius 1 is 1.45 bits per heavy atom. The van der Waals surface area contributed by atoms with Crippen molar-refractivity contribution in [2.75, 3.05) is 6.54 Å². The van der Waals surface area contributed by atoms with Gasteiger partial charge in [-0.1, -0.05) is 12.1 Å². The largest absolute Gasteiger partial charge is 0.348 e. The Kier molecular flexibility index (Phi) is 4.63. The zero-order valence-corrected chi connectivity index (χ0v) is 13.3. The number of para-hydroxylation sites is 2. The minimum atomic E-state index is -0.368. The molecule has 1 unspecified atom stereocenters. The summed E-state index contributed by atoms with van der Waals surface area (Å²) in [6.45, 7) is 2.39. The van der Waals surface area contributed by atoms with Gasteiger partial charge in [0.05, 0.1) is 16.6 Å². The Bertz CT molecular complexity index is 734. The molecule has 1 aromatic heterocycles. The molecule has 4 N–H and O–H groups in total. The van der Waals surface area contributed by atoms with Crippen molar-refractivity contribution in [3.63, 3.8) is 0 Å². The lowest BCUT2D eigenvalue weighted by Gasteiger charge is -2.29. The molecule has 1 saturated carbocycles. The summed E-state index contributed by atoms with van der Waals surface area (Å²) in [4.78, 5) is 27.0. The highest BCUT2D eigenvalue weighted by atomic mass is 35.5. The van der Waals surface area contributed by atoms with E-state index in [4.69, 9.17) is 5.73 Å². The molecule has 1 amide bonds. The molecule has 1 fully saturated rings. The number of aromatic amines is 1. The van der Waals surface area contributed by atoms with Crippen molar-refractivity contribution in [2.24, 2.45) is 11.7 Å². The smallest absolute Gasteiger partial charge is 0.326 e. The third kappa shape index (κ3) is 3.03. The van der Waals surface area contributed by atoms with Crippen molar-refractivity contribution in [3.05, 3.63) is 34.7 Å². The second-order valence-corrected chi connectivity index (χ2v) is 5.98. The summed E-state index contributed by atoms with van der Waals surface area (Å²) in [5.74, 6) is 0.271. The number of imidazole rings is 1. The van der Waals surface area contributed by atoms with E-state index < -0.39 is 0 Å². The number of H-pyrrole nitrogens is 1. The number of hydrogen-bond acceptors (Lipinski definition) is 3. The van der Waals surface area contributed by atoms with Gasteiger partial charge in [-0.05, 0) is 37.8 Å². The van der Waals surface area contributed by atoms with Crippen LogP contribution in [-0.4, -0.2) is 27.5 Å². The maximum Gasteiger partial charge on any atom is 0.326 e. The second-order valence-electron chi connectivity index (χ2n) is 5.98. The maximum atomic E-state index is 12.3. The number of nitrogens with zero attached hydrogens (tertiary/aromatic N) is 1. The summed E-state index contributed by atoms with van der Waals surface area (Å²) < 4.78 is 1.45. The predicted octanol–water partition coefficient (Wildman–Crippen LogP) is 0.995. The van der Waals surface area contributed by atoms with E-state index in [1.807, 2.05) is 31.2 Å². The van der Waals surface area contributed by atoms with Crippen LogP contribution in [0, 0.1) is 5.92 Å². The number of nitrogens with one attached hydrogen (secondary N) is 2. The fourth-order valence-electron chi connectivity index (χ4n) is 2.81. The number of carbonyl (C=O) groups excluding carboxylic acids is 1. The first-order chi connectivity index (χ1) is 10.0. The molecular formula is C15H21ClN4O2. The highest BCUT2D eigenvalue weighted by Gasteiger charge is 2.41. The molecule has 1 heterocycles. The number of nitrogens with two attached hydrogens (primary N) is 1. The number of carbonyl (C=O) groups is 1. The molecule has 3 rings (SSSR count). The monoisotopic (exact) mass is 324 g/mol. The Labute approximate surface area is 134 Å². The first-order valence-electron chi connectivity index (χ1n) is 7.22. The average molecular weight is 325 g/mol. The molecule has 1 aliphatic carbocycles. The van der Waals surface area contributed by atoms with Crippen LogP contribution < -0.4 is 16.7 Å². The molecule has 1 aromatic carbocycles. The third-order valence-electron chi connectivity index (χ3n) is 4.31. The van der Waals surface area contributed by atoms with Crippen LogP contribution in [-0.2, 0) is 11.3 Å². The zero-order chi connectivity index (χ0) is 15.0. The summed E-state index contributed by atoms with van der Waals surface area (Å²) in [6.07, 6.45) is 2.20. The van der Waals surface area contributed by atoms with Crippen LogP contribution in [0.3, 0.4) is 0 Å². The van der Waals surface area contributed by atoms with Crippen LogP contribution in [0.2, 0.25) is 0 Å². The minimum absolute atomic E-state index is 0. The van der Waals surface area contributed by atoms with E-state index in [0.717, 1.165) is 23.9 Å². The third-order valence-corrected chi connectivity index (χ3v) is 4.31. The number of rotatable bonds is 5. The molecule has 0 spiro atoms. The van der Waals surface area contributed by atoms with Gasteiger partial charge in [-0.3, -0.25) is 9.36 Å². The topological polar surface area (TPSA) is 92.9 Å². The lowest BCUT2D eigenvalue weighted by atomic mass is 9.96. The molecule has 1 aliphatic rings. The van der Waals surface area contributed by atoms with Crippen LogP contribution in [0.25, 0.3) is 11.0 Å². The van der Waals surface area contributed by atoms with E-state index in [9.17, 15) is 9.59 Å². The van der Waals surface area contributed by atoms with Crippen LogP contribution >= 0.6 is 12.4 Å². The van der Waals surface area contributed by atoms with Gasteiger partial charge in [0, 0.05) is 6.54 Å². The molecular weight excluding hydrogens is 304 g/mol. The molecule has 2 aromatic rings. The van der Waals surface area contributed by atoms with E-state index in [1.54, 1.807) is 0 Å².